The number of hydrogen-bond acceptors (Lipinski definition) is 3. The van der Waals surface area contributed by atoms with Crippen LogP contribution in [0.2, 0.25) is 0 Å². The van der Waals surface area contributed by atoms with Crippen molar-refractivity contribution in [1.29, 1.82) is 0 Å². The first-order chi connectivity index (χ1) is 7.81. The highest BCUT2D eigenvalue weighted by Gasteiger charge is 2.20. The predicted molar refractivity (Wildman–Crippen MR) is 63.9 cm³/mol. The van der Waals surface area contributed by atoms with Gasteiger partial charge in [0.2, 0.25) is 0 Å². The van der Waals surface area contributed by atoms with Gasteiger partial charge in [0, 0.05) is 6.54 Å². The molecule has 16 heavy (non-hydrogen) atoms. The van der Waals surface area contributed by atoms with Gasteiger partial charge in [-0.3, -0.25) is 10.6 Å². The number of nitrogens with one attached hydrogen (secondary N) is 2. The summed E-state index contributed by atoms with van der Waals surface area (Å²) in [6.07, 6.45) is 3.72. The lowest BCUT2D eigenvalue weighted by Gasteiger charge is -2.08. The lowest BCUT2D eigenvalue weighted by Crippen LogP contribution is -2.26. The maximum Gasteiger partial charge on any atom is 0.253 e. The Labute approximate surface area is 95.2 Å². The molecule has 4 nitrogen and oxygen atoms in total. The van der Waals surface area contributed by atoms with Crippen LogP contribution in [0.15, 0.2) is 24.3 Å². The highest BCUT2D eigenvalue weighted by Crippen LogP contribution is 2.31. The summed E-state index contributed by atoms with van der Waals surface area (Å²) >= 11 is 0. The van der Waals surface area contributed by atoms with Crippen molar-refractivity contribution in [2.75, 3.05) is 12.0 Å². The number of rotatable bonds is 5. The number of hydrogen-bond donors (Lipinski definition) is 3. The summed E-state index contributed by atoms with van der Waals surface area (Å²) in [5, 5.41) is 2.91. The monoisotopic (exact) mass is 219 g/mol. The van der Waals surface area contributed by atoms with Crippen molar-refractivity contribution < 1.29 is 4.79 Å². The average molecular weight is 219 g/mol. The Hall–Kier alpha value is -1.55. The fraction of sp³-hybridized carbons (Fsp3) is 0.417. The van der Waals surface area contributed by atoms with E-state index >= 15 is 0 Å². The van der Waals surface area contributed by atoms with Crippen molar-refractivity contribution in [3.63, 3.8) is 0 Å². The highest BCUT2D eigenvalue weighted by atomic mass is 16.1. The molecule has 0 heterocycles. The van der Waals surface area contributed by atoms with Crippen molar-refractivity contribution in [2.24, 2.45) is 11.8 Å². The van der Waals surface area contributed by atoms with E-state index in [2.05, 4.69) is 10.7 Å². The van der Waals surface area contributed by atoms with Gasteiger partial charge in [0.05, 0.1) is 11.3 Å². The second kappa shape index (κ2) is 4.99. The Bertz CT molecular complexity index is 374. The van der Waals surface area contributed by atoms with E-state index in [1.165, 1.54) is 12.8 Å². The molecule has 0 bridgehead atoms. The number of carbonyl (C=O) groups excluding carboxylic acids is 1. The Morgan fingerprint density at radius 3 is 2.81 bits per heavy atom. The standard InChI is InChI=1S/C12H17N3O/c13-15-11-4-2-1-3-10(11)12(16)14-8-7-9-5-6-9/h1-4,9,15H,5-8,13H2,(H,14,16). The van der Waals surface area contributed by atoms with Crippen molar-refractivity contribution in [1.82, 2.24) is 5.32 Å². The first-order valence-electron chi connectivity index (χ1n) is 5.65. The van der Waals surface area contributed by atoms with E-state index in [-0.39, 0.29) is 5.91 Å². The molecule has 1 aliphatic carbocycles. The van der Waals surface area contributed by atoms with Crippen molar-refractivity contribution >= 4 is 11.6 Å². The maximum atomic E-state index is 11.8. The number of anilines is 1. The van der Waals surface area contributed by atoms with Crippen LogP contribution in [-0.2, 0) is 0 Å². The van der Waals surface area contributed by atoms with Gasteiger partial charge in [-0.2, -0.15) is 0 Å². The zero-order valence-electron chi connectivity index (χ0n) is 9.20. The summed E-state index contributed by atoms with van der Waals surface area (Å²) < 4.78 is 0. The number of para-hydroxylation sites is 1. The summed E-state index contributed by atoms with van der Waals surface area (Å²) in [6.45, 7) is 0.752. The number of amides is 1. The van der Waals surface area contributed by atoms with Gasteiger partial charge < -0.3 is 10.7 Å². The van der Waals surface area contributed by atoms with Crippen molar-refractivity contribution in [3.05, 3.63) is 29.8 Å². The lowest BCUT2D eigenvalue weighted by atomic mass is 10.1. The molecule has 4 N–H and O–H groups in total. The van der Waals surface area contributed by atoms with Gasteiger partial charge in [-0.05, 0) is 24.5 Å². The van der Waals surface area contributed by atoms with E-state index in [0.717, 1.165) is 18.9 Å². The Balaban J connectivity index is 1.90. The smallest absolute Gasteiger partial charge is 0.253 e. The highest BCUT2D eigenvalue weighted by molar-refractivity contribution is 5.99. The van der Waals surface area contributed by atoms with E-state index < -0.39 is 0 Å². The lowest BCUT2D eigenvalue weighted by molar-refractivity contribution is 0.0953. The predicted octanol–water partition coefficient (Wildman–Crippen LogP) is 1.50. The summed E-state index contributed by atoms with van der Waals surface area (Å²) in [5.41, 5.74) is 3.78. The third-order valence-corrected chi connectivity index (χ3v) is 2.86. The van der Waals surface area contributed by atoms with Gasteiger partial charge >= 0.3 is 0 Å². The molecule has 1 amide bonds. The van der Waals surface area contributed by atoms with Crippen LogP contribution < -0.4 is 16.6 Å². The van der Waals surface area contributed by atoms with Gasteiger partial charge in [0.25, 0.3) is 5.91 Å². The SMILES string of the molecule is NNc1ccccc1C(=O)NCCC1CC1. The largest absolute Gasteiger partial charge is 0.352 e. The van der Waals surface area contributed by atoms with E-state index in [4.69, 9.17) is 5.84 Å². The fourth-order valence-electron chi connectivity index (χ4n) is 1.70. The van der Waals surface area contributed by atoms with Crippen LogP contribution >= 0.6 is 0 Å². The van der Waals surface area contributed by atoms with E-state index in [1.807, 2.05) is 12.1 Å². The second-order valence-corrected chi connectivity index (χ2v) is 4.18. The Kier molecular flexibility index (Phi) is 3.41. The minimum absolute atomic E-state index is 0.0609. The minimum atomic E-state index is -0.0609. The molecule has 0 aliphatic heterocycles. The van der Waals surface area contributed by atoms with Gasteiger partial charge in [-0.1, -0.05) is 25.0 Å². The first-order valence-corrected chi connectivity index (χ1v) is 5.65. The number of benzene rings is 1. The molecule has 2 rings (SSSR count). The van der Waals surface area contributed by atoms with Crippen molar-refractivity contribution in [2.45, 2.75) is 19.3 Å². The van der Waals surface area contributed by atoms with Crippen LogP contribution in [0.4, 0.5) is 5.69 Å². The number of hydrazine groups is 1. The third-order valence-electron chi connectivity index (χ3n) is 2.86. The van der Waals surface area contributed by atoms with Gasteiger partial charge in [0.15, 0.2) is 0 Å². The van der Waals surface area contributed by atoms with Crippen LogP contribution in [0.25, 0.3) is 0 Å². The van der Waals surface area contributed by atoms with Gasteiger partial charge in [-0.15, -0.1) is 0 Å². The van der Waals surface area contributed by atoms with E-state index in [1.54, 1.807) is 12.1 Å². The molecule has 1 aromatic rings. The molecular weight excluding hydrogens is 202 g/mol. The maximum absolute atomic E-state index is 11.8. The molecule has 1 aromatic carbocycles. The quantitative estimate of drug-likeness (QED) is 0.519. The zero-order chi connectivity index (χ0) is 11.4. The molecule has 0 saturated heterocycles. The van der Waals surface area contributed by atoms with E-state index in [0.29, 0.717) is 11.3 Å². The number of nitrogens with two attached hydrogens (primary N) is 1. The molecule has 1 aliphatic rings. The minimum Gasteiger partial charge on any atom is -0.352 e. The summed E-state index contributed by atoms with van der Waals surface area (Å²) in [5.74, 6) is 6.12. The van der Waals surface area contributed by atoms with Crippen LogP contribution in [-0.4, -0.2) is 12.5 Å². The zero-order valence-corrected chi connectivity index (χ0v) is 9.20. The number of carbonyl (C=O) groups is 1. The van der Waals surface area contributed by atoms with Crippen LogP contribution in [0.1, 0.15) is 29.6 Å². The molecule has 0 radical (unpaired) electrons. The van der Waals surface area contributed by atoms with Crippen LogP contribution in [0.3, 0.4) is 0 Å². The van der Waals surface area contributed by atoms with E-state index in [9.17, 15) is 4.79 Å². The molecule has 0 atom stereocenters. The Morgan fingerprint density at radius 2 is 2.12 bits per heavy atom. The molecule has 1 saturated carbocycles. The average Bonchev–Trinajstić information content (AvgIpc) is 3.13. The molecule has 0 aromatic heterocycles. The third kappa shape index (κ3) is 2.73. The van der Waals surface area contributed by atoms with Crippen molar-refractivity contribution in [3.8, 4) is 0 Å². The summed E-state index contributed by atoms with van der Waals surface area (Å²) in [6, 6.07) is 7.23. The summed E-state index contributed by atoms with van der Waals surface area (Å²) in [4.78, 5) is 11.8. The summed E-state index contributed by atoms with van der Waals surface area (Å²) in [7, 11) is 0. The molecule has 0 spiro atoms. The molecule has 0 unspecified atom stereocenters. The first kappa shape index (κ1) is 11.0. The fourth-order valence-corrected chi connectivity index (χ4v) is 1.70. The number of nitrogen functional groups attached to an aromatic ring is 1. The van der Waals surface area contributed by atoms with Gasteiger partial charge in [0.1, 0.15) is 0 Å². The molecular formula is C12H17N3O. The second-order valence-electron chi connectivity index (χ2n) is 4.18. The molecule has 86 valence electrons. The van der Waals surface area contributed by atoms with Crippen LogP contribution in [0, 0.1) is 5.92 Å². The molecule has 4 heteroatoms. The normalized spacial score (nSPS) is 14.6. The topological polar surface area (TPSA) is 67.1 Å². The van der Waals surface area contributed by atoms with Gasteiger partial charge in [-0.25, -0.2) is 0 Å². The Morgan fingerprint density at radius 1 is 1.38 bits per heavy atom. The van der Waals surface area contributed by atoms with Crippen LogP contribution in [0.5, 0.6) is 0 Å². The molecule has 1 fully saturated rings.